The number of anilines is 1. The first kappa shape index (κ1) is 15.3. The second kappa shape index (κ2) is 8.22. The third-order valence-corrected chi connectivity index (χ3v) is 3.37. The summed E-state index contributed by atoms with van der Waals surface area (Å²) in [5, 5.41) is 6.16. The van der Waals surface area contributed by atoms with Gasteiger partial charge in [-0.3, -0.25) is 4.79 Å². The molecule has 2 N–H and O–H groups in total. The summed E-state index contributed by atoms with van der Waals surface area (Å²) in [6.45, 7) is 2.72. The standard InChI is InChI=1S/C18H22N2O/c1-15(18(21)20-17-12-6-3-7-13-17)19-14-8-11-16-9-4-2-5-10-16/h2-7,9-10,12-13,15,19H,8,11,14H2,1H3,(H,20,21). The molecule has 1 amide bonds. The van der Waals surface area contributed by atoms with Crippen molar-refractivity contribution in [3.63, 3.8) is 0 Å². The van der Waals surface area contributed by atoms with Gasteiger partial charge in [0.05, 0.1) is 6.04 Å². The number of carbonyl (C=O) groups excluding carboxylic acids is 1. The molecule has 0 bridgehead atoms. The maximum atomic E-state index is 12.0. The van der Waals surface area contributed by atoms with Crippen LogP contribution in [0.15, 0.2) is 60.7 Å². The summed E-state index contributed by atoms with van der Waals surface area (Å²) < 4.78 is 0. The molecule has 110 valence electrons. The van der Waals surface area contributed by atoms with E-state index in [4.69, 9.17) is 0 Å². The van der Waals surface area contributed by atoms with Gasteiger partial charge in [-0.2, -0.15) is 0 Å². The van der Waals surface area contributed by atoms with Crippen LogP contribution < -0.4 is 10.6 Å². The maximum Gasteiger partial charge on any atom is 0.241 e. The highest BCUT2D eigenvalue weighted by molar-refractivity contribution is 5.94. The van der Waals surface area contributed by atoms with Crippen LogP contribution in [0, 0.1) is 0 Å². The minimum absolute atomic E-state index is 0.000844. The minimum Gasteiger partial charge on any atom is -0.325 e. The lowest BCUT2D eigenvalue weighted by Crippen LogP contribution is -2.38. The number of nitrogens with one attached hydrogen (secondary N) is 2. The van der Waals surface area contributed by atoms with Crippen molar-refractivity contribution in [1.82, 2.24) is 5.32 Å². The van der Waals surface area contributed by atoms with Crippen LogP contribution in [-0.4, -0.2) is 18.5 Å². The summed E-state index contributed by atoms with van der Waals surface area (Å²) in [6.07, 6.45) is 2.05. The van der Waals surface area contributed by atoms with E-state index in [0.29, 0.717) is 0 Å². The van der Waals surface area contributed by atoms with Gasteiger partial charge < -0.3 is 10.6 Å². The van der Waals surface area contributed by atoms with E-state index < -0.39 is 0 Å². The average Bonchev–Trinajstić information content (AvgIpc) is 2.53. The highest BCUT2D eigenvalue weighted by Crippen LogP contribution is 2.05. The Morgan fingerprint density at radius 2 is 1.62 bits per heavy atom. The molecule has 0 aromatic heterocycles. The van der Waals surface area contributed by atoms with Crippen molar-refractivity contribution in [3.8, 4) is 0 Å². The summed E-state index contributed by atoms with van der Waals surface area (Å²) >= 11 is 0. The number of aryl methyl sites for hydroxylation is 1. The normalized spacial score (nSPS) is 11.9. The second-order valence-corrected chi connectivity index (χ2v) is 5.12. The van der Waals surface area contributed by atoms with E-state index in [9.17, 15) is 4.79 Å². The van der Waals surface area contributed by atoms with Crippen molar-refractivity contribution in [2.24, 2.45) is 0 Å². The lowest BCUT2D eigenvalue weighted by atomic mass is 10.1. The first-order chi connectivity index (χ1) is 10.3. The Balaban J connectivity index is 1.67. The molecule has 21 heavy (non-hydrogen) atoms. The lowest BCUT2D eigenvalue weighted by Gasteiger charge is -2.14. The van der Waals surface area contributed by atoms with E-state index in [0.717, 1.165) is 25.1 Å². The molecular formula is C18H22N2O. The zero-order valence-corrected chi connectivity index (χ0v) is 12.4. The Hall–Kier alpha value is -2.13. The molecule has 2 rings (SSSR count). The van der Waals surface area contributed by atoms with Gasteiger partial charge in [-0.15, -0.1) is 0 Å². The van der Waals surface area contributed by atoms with E-state index >= 15 is 0 Å². The Morgan fingerprint density at radius 3 is 2.29 bits per heavy atom. The van der Waals surface area contributed by atoms with Crippen LogP contribution in [0.2, 0.25) is 0 Å². The smallest absolute Gasteiger partial charge is 0.241 e. The topological polar surface area (TPSA) is 41.1 Å². The van der Waals surface area contributed by atoms with Crippen molar-refractivity contribution >= 4 is 11.6 Å². The maximum absolute atomic E-state index is 12.0. The van der Waals surface area contributed by atoms with Crippen LogP contribution >= 0.6 is 0 Å². The summed E-state index contributed by atoms with van der Waals surface area (Å²) in [7, 11) is 0. The molecule has 3 heteroatoms. The fraction of sp³-hybridized carbons (Fsp3) is 0.278. The van der Waals surface area contributed by atoms with Crippen LogP contribution in [0.3, 0.4) is 0 Å². The highest BCUT2D eigenvalue weighted by Gasteiger charge is 2.11. The molecule has 3 nitrogen and oxygen atoms in total. The first-order valence-corrected chi connectivity index (χ1v) is 7.39. The molecule has 1 unspecified atom stereocenters. The van der Waals surface area contributed by atoms with E-state index in [-0.39, 0.29) is 11.9 Å². The molecule has 2 aromatic carbocycles. The average molecular weight is 282 g/mol. The molecule has 0 fully saturated rings. The predicted octanol–water partition coefficient (Wildman–Crippen LogP) is 3.24. The van der Waals surface area contributed by atoms with Crippen LogP contribution in [0.5, 0.6) is 0 Å². The molecule has 0 aliphatic carbocycles. The molecular weight excluding hydrogens is 260 g/mol. The van der Waals surface area contributed by atoms with Crippen molar-refractivity contribution in [1.29, 1.82) is 0 Å². The third kappa shape index (κ3) is 5.40. The van der Waals surface area contributed by atoms with Crippen molar-refractivity contribution in [2.45, 2.75) is 25.8 Å². The molecule has 0 aliphatic heterocycles. The largest absolute Gasteiger partial charge is 0.325 e. The van der Waals surface area contributed by atoms with Crippen molar-refractivity contribution in [3.05, 3.63) is 66.2 Å². The number of carbonyl (C=O) groups is 1. The van der Waals surface area contributed by atoms with E-state index in [1.807, 2.05) is 43.3 Å². The van der Waals surface area contributed by atoms with Gasteiger partial charge in [0.25, 0.3) is 0 Å². The van der Waals surface area contributed by atoms with E-state index in [1.165, 1.54) is 5.56 Å². The first-order valence-electron chi connectivity index (χ1n) is 7.39. The van der Waals surface area contributed by atoms with E-state index in [2.05, 4.69) is 34.9 Å². The van der Waals surface area contributed by atoms with Crippen LogP contribution in [-0.2, 0) is 11.2 Å². The van der Waals surface area contributed by atoms with Gasteiger partial charge >= 0.3 is 0 Å². The zero-order chi connectivity index (χ0) is 14.9. The fourth-order valence-electron chi connectivity index (χ4n) is 2.12. The quantitative estimate of drug-likeness (QED) is 0.765. The molecule has 0 spiro atoms. The number of para-hydroxylation sites is 1. The number of hydrogen-bond donors (Lipinski definition) is 2. The van der Waals surface area contributed by atoms with Crippen LogP contribution in [0.4, 0.5) is 5.69 Å². The van der Waals surface area contributed by atoms with Gasteiger partial charge in [-0.1, -0.05) is 48.5 Å². The van der Waals surface area contributed by atoms with Crippen LogP contribution in [0.25, 0.3) is 0 Å². The van der Waals surface area contributed by atoms with Gasteiger partial charge in [0.15, 0.2) is 0 Å². The molecule has 0 aliphatic rings. The van der Waals surface area contributed by atoms with Gasteiger partial charge in [0, 0.05) is 5.69 Å². The van der Waals surface area contributed by atoms with Gasteiger partial charge in [0.2, 0.25) is 5.91 Å². The van der Waals surface area contributed by atoms with Crippen molar-refractivity contribution in [2.75, 3.05) is 11.9 Å². The predicted molar refractivity (Wildman–Crippen MR) is 87.3 cm³/mol. The summed E-state index contributed by atoms with van der Waals surface area (Å²) in [4.78, 5) is 12.0. The molecule has 0 saturated heterocycles. The number of benzene rings is 2. The van der Waals surface area contributed by atoms with Gasteiger partial charge in [0.1, 0.15) is 0 Å². The molecule has 0 heterocycles. The van der Waals surface area contributed by atoms with Crippen molar-refractivity contribution < 1.29 is 4.79 Å². The molecule has 0 radical (unpaired) electrons. The fourth-order valence-corrected chi connectivity index (χ4v) is 2.12. The highest BCUT2D eigenvalue weighted by atomic mass is 16.2. The second-order valence-electron chi connectivity index (χ2n) is 5.12. The summed E-state index contributed by atoms with van der Waals surface area (Å²) in [6, 6.07) is 19.7. The summed E-state index contributed by atoms with van der Waals surface area (Å²) in [5.74, 6) is 0.000844. The SMILES string of the molecule is CC(NCCCc1ccccc1)C(=O)Nc1ccccc1. The lowest BCUT2D eigenvalue weighted by molar-refractivity contribution is -0.117. The summed E-state index contributed by atoms with van der Waals surface area (Å²) in [5.41, 5.74) is 2.17. The molecule has 1 atom stereocenters. The van der Waals surface area contributed by atoms with E-state index in [1.54, 1.807) is 0 Å². The number of hydrogen-bond acceptors (Lipinski definition) is 2. The number of rotatable bonds is 7. The Bertz CT molecular complexity index is 540. The minimum atomic E-state index is -0.194. The monoisotopic (exact) mass is 282 g/mol. The Morgan fingerprint density at radius 1 is 1.00 bits per heavy atom. The Kier molecular flexibility index (Phi) is 5.98. The Labute approximate surface area is 126 Å². The van der Waals surface area contributed by atoms with Gasteiger partial charge in [-0.25, -0.2) is 0 Å². The zero-order valence-electron chi connectivity index (χ0n) is 12.4. The third-order valence-electron chi connectivity index (χ3n) is 3.37. The van der Waals surface area contributed by atoms with Gasteiger partial charge in [-0.05, 0) is 44.0 Å². The number of amides is 1. The molecule has 2 aromatic rings. The molecule has 0 saturated carbocycles. The van der Waals surface area contributed by atoms with Crippen LogP contribution in [0.1, 0.15) is 18.9 Å².